The molecule has 8 heavy (non-hydrogen) atoms. The lowest BCUT2D eigenvalue weighted by molar-refractivity contribution is 0.113. The van der Waals surface area contributed by atoms with Crippen LogP contribution in [-0.4, -0.2) is 19.7 Å². The van der Waals surface area contributed by atoms with Crippen molar-refractivity contribution >= 4 is 0 Å². The SMILES string of the molecule is CNCC1=CC(C)O1. The average Bonchev–Trinajstić information content (AvgIpc) is 1.64. The van der Waals surface area contributed by atoms with E-state index in [0.29, 0.717) is 6.10 Å². The molecule has 1 unspecified atom stereocenters. The molecule has 1 atom stereocenters. The summed E-state index contributed by atoms with van der Waals surface area (Å²) >= 11 is 0. The Kier molecular flexibility index (Phi) is 1.53. The minimum atomic E-state index is 0.346. The van der Waals surface area contributed by atoms with Gasteiger partial charge in [-0.05, 0) is 20.0 Å². The van der Waals surface area contributed by atoms with Gasteiger partial charge in [-0.15, -0.1) is 0 Å². The maximum absolute atomic E-state index is 5.18. The molecule has 0 spiro atoms. The molecule has 0 aromatic heterocycles. The first kappa shape index (κ1) is 5.63. The average molecular weight is 113 g/mol. The molecule has 1 rings (SSSR count). The lowest BCUT2D eigenvalue weighted by Gasteiger charge is -2.23. The Bertz CT molecular complexity index is 109. The van der Waals surface area contributed by atoms with E-state index in [0.717, 1.165) is 12.3 Å². The van der Waals surface area contributed by atoms with Crippen molar-refractivity contribution in [2.24, 2.45) is 0 Å². The minimum absolute atomic E-state index is 0.346. The van der Waals surface area contributed by atoms with Gasteiger partial charge in [0, 0.05) is 0 Å². The van der Waals surface area contributed by atoms with Crippen molar-refractivity contribution in [1.29, 1.82) is 0 Å². The number of hydrogen-bond donors (Lipinski definition) is 1. The normalized spacial score (nSPS) is 25.8. The van der Waals surface area contributed by atoms with Gasteiger partial charge in [-0.2, -0.15) is 0 Å². The smallest absolute Gasteiger partial charge is 0.117 e. The molecule has 0 saturated carbocycles. The fraction of sp³-hybridized carbons (Fsp3) is 0.667. The van der Waals surface area contributed by atoms with Gasteiger partial charge in [-0.25, -0.2) is 0 Å². The van der Waals surface area contributed by atoms with Gasteiger partial charge in [0.25, 0.3) is 0 Å². The molecule has 2 heteroatoms. The predicted octanol–water partition coefficient (Wildman–Crippen LogP) is 0.508. The maximum Gasteiger partial charge on any atom is 0.117 e. The van der Waals surface area contributed by atoms with E-state index < -0.39 is 0 Å². The molecule has 0 radical (unpaired) electrons. The first-order chi connectivity index (χ1) is 3.83. The highest BCUT2D eigenvalue weighted by Gasteiger charge is 2.12. The molecule has 1 aliphatic rings. The molecule has 0 amide bonds. The van der Waals surface area contributed by atoms with E-state index in [9.17, 15) is 0 Å². The van der Waals surface area contributed by atoms with Crippen LogP contribution in [0.5, 0.6) is 0 Å². The van der Waals surface area contributed by atoms with Crippen LogP contribution in [0.25, 0.3) is 0 Å². The Morgan fingerprint density at radius 3 is 2.88 bits per heavy atom. The Morgan fingerprint density at radius 1 is 1.88 bits per heavy atom. The van der Waals surface area contributed by atoms with E-state index in [-0.39, 0.29) is 0 Å². The van der Waals surface area contributed by atoms with E-state index in [4.69, 9.17) is 4.74 Å². The van der Waals surface area contributed by atoms with Crippen molar-refractivity contribution in [3.63, 3.8) is 0 Å². The molecule has 46 valence electrons. The summed E-state index contributed by atoms with van der Waals surface area (Å²) in [4.78, 5) is 0. The number of nitrogens with one attached hydrogen (secondary N) is 1. The van der Waals surface area contributed by atoms with Crippen LogP contribution in [0.2, 0.25) is 0 Å². The van der Waals surface area contributed by atoms with Crippen molar-refractivity contribution in [2.75, 3.05) is 13.6 Å². The van der Waals surface area contributed by atoms with Gasteiger partial charge in [-0.1, -0.05) is 0 Å². The standard InChI is InChI=1S/C6H11NO/c1-5-3-6(8-5)4-7-2/h3,5,7H,4H2,1-2H3. The van der Waals surface area contributed by atoms with Crippen LogP contribution < -0.4 is 5.32 Å². The number of rotatable bonds is 2. The third-order valence-corrected chi connectivity index (χ3v) is 1.11. The van der Waals surface area contributed by atoms with Crippen molar-refractivity contribution in [3.8, 4) is 0 Å². The Labute approximate surface area is 49.5 Å². The number of ether oxygens (including phenoxy) is 1. The number of hydrogen-bond acceptors (Lipinski definition) is 2. The van der Waals surface area contributed by atoms with Crippen molar-refractivity contribution in [2.45, 2.75) is 13.0 Å². The van der Waals surface area contributed by atoms with Gasteiger partial charge in [0.05, 0.1) is 6.54 Å². The highest BCUT2D eigenvalue weighted by molar-refractivity contribution is 5.08. The van der Waals surface area contributed by atoms with Crippen molar-refractivity contribution in [3.05, 3.63) is 11.8 Å². The van der Waals surface area contributed by atoms with Crippen LogP contribution in [0.4, 0.5) is 0 Å². The summed E-state index contributed by atoms with van der Waals surface area (Å²) in [5.41, 5.74) is 0. The van der Waals surface area contributed by atoms with Gasteiger partial charge in [-0.3, -0.25) is 0 Å². The second-order valence-electron chi connectivity index (χ2n) is 1.99. The first-order valence-electron chi connectivity index (χ1n) is 2.85. The van der Waals surface area contributed by atoms with Crippen LogP contribution >= 0.6 is 0 Å². The van der Waals surface area contributed by atoms with Crippen LogP contribution in [0.1, 0.15) is 6.92 Å². The van der Waals surface area contributed by atoms with E-state index in [1.807, 2.05) is 14.0 Å². The molecule has 1 N–H and O–H groups in total. The summed E-state index contributed by atoms with van der Waals surface area (Å²) in [5.74, 6) is 1.07. The van der Waals surface area contributed by atoms with Gasteiger partial charge in [0.2, 0.25) is 0 Å². The number of likely N-dealkylation sites (N-methyl/N-ethyl adjacent to an activating group) is 1. The summed E-state index contributed by atoms with van der Waals surface area (Å²) in [7, 11) is 1.91. The molecule has 0 aromatic carbocycles. The van der Waals surface area contributed by atoms with Crippen LogP contribution in [0.3, 0.4) is 0 Å². The van der Waals surface area contributed by atoms with Crippen molar-refractivity contribution < 1.29 is 4.74 Å². The van der Waals surface area contributed by atoms with E-state index in [2.05, 4.69) is 11.4 Å². The lowest BCUT2D eigenvalue weighted by Crippen LogP contribution is -2.24. The van der Waals surface area contributed by atoms with Crippen LogP contribution in [0.15, 0.2) is 11.8 Å². The van der Waals surface area contributed by atoms with Gasteiger partial charge in [0.15, 0.2) is 0 Å². The summed E-state index contributed by atoms with van der Waals surface area (Å²) < 4.78 is 5.18. The molecular weight excluding hydrogens is 102 g/mol. The quantitative estimate of drug-likeness (QED) is 0.563. The largest absolute Gasteiger partial charge is 0.490 e. The molecule has 0 bridgehead atoms. The summed E-state index contributed by atoms with van der Waals surface area (Å²) in [5, 5.41) is 3.00. The summed E-state index contributed by atoms with van der Waals surface area (Å²) in [6.07, 6.45) is 2.45. The Hall–Kier alpha value is -0.500. The highest BCUT2D eigenvalue weighted by atomic mass is 16.5. The predicted molar refractivity (Wildman–Crippen MR) is 32.6 cm³/mol. The zero-order valence-corrected chi connectivity index (χ0v) is 5.27. The molecule has 0 fully saturated rings. The second-order valence-corrected chi connectivity index (χ2v) is 1.99. The molecule has 0 aliphatic carbocycles. The maximum atomic E-state index is 5.18. The summed E-state index contributed by atoms with van der Waals surface area (Å²) in [6.45, 7) is 2.89. The molecule has 1 aliphatic heterocycles. The first-order valence-corrected chi connectivity index (χ1v) is 2.85. The van der Waals surface area contributed by atoms with Gasteiger partial charge >= 0.3 is 0 Å². The zero-order chi connectivity index (χ0) is 5.98. The molecule has 1 heterocycles. The Balaban J connectivity index is 2.21. The minimum Gasteiger partial charge on any atom is -0.490 e. The third-order valence-electron chi connectivity index (χ3n) is 1.11. The van der Waals surface area contributed by atoms with Crippen LogP contribution in [-0.2, 0) is 4.74 Å². The Morgan fingerprint density at radius 2 is 2.50 bits per heavy atom. The highest BCUT2D eigenvalue weighted by Crippen LogP contribution is 2.14. The van der Waals surface area contributed by atoms with Crippen molar-refractivity contribution in [1.82, 2.24) is 5.32 Å². The van der Waals surface area contributed by atoms with Crippen LogP contribution in [0, 0.1) is 0 Å². The lowest BCUT2D eigenvalue weighted by atomic mass is 10.2. The topological polar surface area (TPSA) is 21.3 Å². The van der Waals surface area contributed by atoms with E-state index in [1.165, 1.54) is 0 Å². The molecule has 0 saturated heterocycles. The van der Waals surface area contributed by atoms with E-state index >= 15 is 0 Å². The van der Waals surface area contributed by atoms with Gasteiger partial charge in [0.1, 0.15) is 11.9 Å². The fourth-order valence-corrected chi connectivity index (χ4v) is 0.776. The second kappa shape index (κ2) is 2.18. The monoisotopic (exact) mass is 113 g/mol. The summed E-state index contributed by atoms with van der Waals surface area (Å²) in [6, 6.07) is 0. The molecular formula is C6H11NO. The fourth-order valence-electron chi connectivity index (χ4n) is 0.776. The molecule has 0 aromatic rings. The third kappa shape index (κ3) is 1.01. The van der Waals surface area contributed by atoms with Gasteiger partial charge < -0.3 is 10.1 Å². The molecule has 2 nitrogen and oxygen atoms in total. The zero-order valence-electron chi connectivity index (χ0n) is 5.27. The van der Waals surface area contributed by atoms with E-state index in [1.54, 1.807) is 0 Å².